The first-order chi connectivity index (χ1) is 5.75. The van der Waals surface area contributed by atoms with E-state index in [1.807, 2.05) is 0 Å². The fourth-order valence-corrected chi connectivity index (χ4v) is 1.47. The molecule has 1 nitrogen and oxygen atoms in total. The lowest BCUT2D eigenvalue weighted by atomic mass is 9.99. The third-order valence-electron chi connectivity index (χ3n) is 2.19. The predicted molar refractivity (Wildman–Crippen MR) is 60.3 cm³/mol. The highest BCUT2D eigenvalue weighted by Crippen LogP contribution is 2.18. The maximum Gasteiger partial charge on any atom is 0.0297 e. The molecule has 0 bridgehead atoms. The Morgan fingerprint density at radius 2 is 1.92 bits per heavy atom. The number of hydrogen-bond acceptors (Lipinski definition) is 1. The van der Waals surface area contributed by atoms with E-state index in [-0.39, 0.29) is 18.4 Å². The largest absolute Gasteiger partial charge is 0.324 e. The van der Waals surface area contributed by atoms with E-state index in [0.717, 1.165) is 12.8 Å². The van der Waals surface area contributed by atoms with Crippen molar-refractivity contribution in [2.24, 2.45) is 5.73 Å². The molecule has 0 aliphatic heterocycles. The van der Waals surface area contributed by atoms with Crippen LogP contribution in [-0.4, -0.2) is 0 Å². The first kappa shape index (κ1) is 12.5. The molecule has 1 aromatic rings. The molecule has 0 fully saturated rings. The zero-order chi connectivity index (χ0) is 8.97. The van der Waals surface area contributed by atoms with Crippen LogP contribution in [0.25, 0.3) is 0 Å². The summed E-state index contributed by atoms with van der Waals surface area (Å²) >= 11 is 0. The van der Waals surface area contributed by atoms with E-state index < -0.39 is 0 Å². The third kappa shape index (κ3) is 3.37. The van der Waals surface area contributed by atoms with Gasteiger partial charge in [-0.05, 0) is 24.5 Å². The van der Waals surface area contributed by atoms with Crippen molar-refractivity contribution in [1.82, 2.24) is 0 Å². The van der Waals surface area contributed by atoms with E-state index in [1.54, 1.807) is 0 Å². The molecule has 0 aromatic heterocycles. The van der Waals surface area contributed by atoms with Crippen molar-refractivity contribution in [1.29, 1.82) is 0 Å². The van der Waals surface area contributed by atoms with Crippen LogP contribution in [0.5, 0.6) is 0 Å². The second kappa shape index (κ2) is 6.01. The number of benzene rings is 1. The fourth-order valence-electron chi connectivity index (χ4n) is 1.47. The number of nitrogens with two attached hydrogens (primary N) is 1. The van der Waals surface area contributed by atoms with Gasteiger partial charge in [0, 0.05) is 6.04 Å². The molecule has 0 spiro atoms. The smallest absolute Gasteiger partial charge is 0.0297 e. The Bertz CT molecular complexity index is 248. The summed E-state index contributed by atoms with van der Waals surface area (Å²) in [4.78, 5) is 0. The van der Waals surface area contributed by atoms with Gasteiger partial charge in [0.15, 0.2) is 0 Å². The second-order valence-electron chi connectivity index (χ2n) is 3.25. The molecule has 2 N–H and O–H groups in total. The topological polar surface area (TPSA) is 26.0 Å². The summed E-state index contributed by atoms with van der Waals surface area (Å²) in [6.45, 7) is 4.28. The number of hydrogen-bond donors (Lipinski definition) is 1. The van der Waals surface area contributed by atoms with E-state index in [2.05, 4.69) is 38.1 Å². The number of rotatable bonds is 3. The van der Waals surface area contributed by atoms with Crippen molar-refractivity contribution in [2.75, 3.05) is 0 Å². The maximum atomic E-state index is 6.01. The molecule has 1 atom stereocenters. The van der Waals surface area contributed by atoms with Crippen molar-refractivity contribution in [3.8, 4) is 0 Å². The lowest BCUT2D eigenvalue weighted by Crippen LogP contribution is -2.10. The zero-order valence-electron chi connectivity index (χ0n) is 8.29. The molecular weight excluding hydrogens is 182 g/mol. The molecule has 2 heteroatoms. The molecular formula is C11H18ClN. The van der Waals surface area contributed by atoms with Gasteiger partial charge in [-0.2, -0.15) is 0 Å². The molecule has 0 amide bonds. The van der Waals surface area contributed by atoms with Crippen molar-refractivity contribution in [3.63, 3.8) is 0 Å². The highest BCUT2D eigenvalue weighted by molar-refractivity contribution is 5.85. The normalized spacial score (nSPS) is 11.9. The number of halogens is 1. The summed E-state index contributed by atoms with van der Waals surface area (Å²) in [5, 5.41) is 0. The molecule has 0 heterocycles. The quantitative estimate of drug-likeness (QED) is 0.795. The van der Waals surface area contributed by atoms with Crippen LogP contribution in [0.2, 0.25) is 0 Å². The minimum absolute atomic E-state index is 0. The lowest BCUT2D eigenvalue weighted by molar-refractivity contribution is 0.635. The van der Waals surface area contributed by atoms with Crippen LogP contribution >= 0.6 is 12.4 Å². The van der Waals surface area contributed by atoms with Crippen LogP contribution < -0.4 is 5.73 Å². The standard InChI is InChI=1S/C11H17N.ClH/c1-3-6-11(12)10-8-5-4-7-9(10)2;/h4-5,7-8,11H,3,6,12H2,1-2H3;1H. The van der Waals surface area contributed by atoms with Gasteiger partial charge in [0.2, 0.25) is 0 Å². The van der Waals surface area contributed by atoms with Crippen LogP contribution in [0.15, 0.2) is 24.3 Å². The summed E-state index contributed by atoms with van der Waals surface area (Å²) in [7, 11) is 0. The molecule has 0 aliphatic rings. The van der Waals surface area contributed by atoms with Gasteiger partial charge in [0.05, 0.1) is 0 Å². The van der Waals surface area contributed by atoms with Gasteiger partial charge in [-0.1, -0.05) is 37.6 Å². The minimum Gasteiger partial charge on any atom is -0.324 e. The lowest BCUT2D eigenvalue weighted by Gasteiger charge is -2.12. The molecule has 0 radical (unpaired) electrons. The van der Waals surface area contributed by atoms with Crippen LogP contribution in [-0.2, 0) is 0 Å². The monoisotopic (exact) mass is 199 g/mol. The zero-order valence-corrected chi connectivity index (χ0v) is 9.10. The summed E-state index contributed by atoms with van der Waals surface area (Å²) in [5.74, 6) is 0. The van der Waals surface area contributed by atoms with Gasteiger partial charge in [-0.3, -0.25) is 0 Å². The van der Waals surface area contributed by atoms with E-state index in [1.165, 1.54) is 11.1 Å². The van der Waals surface area contributed by atoms with Gasteiger partial charge >= 0.3 is 0 Å². The van der Waals surface area contributed by atoms with Crippen LogP contribution in [0, 0.1) is 6.92 Å². The molecule has 13 heavy (non-hydrogen) atoms. The average Bonchev–Trinajstić information content (AvgIpc) is 2.05. The van der Waals surface area contributed by atoms with Gasteiger partial charge in [-0.15, -0.1) is 12.4 Å². The second-order valence-corrected chi connectivity index (χ2v) is 3.25. The Balaban J connectivity index is 0.00000144. The van der Waals surface area contributed by atoms with Crippen molar-refractivity contribution < 1.29 is 0 Å². The molecule has 1 unspecified atom stereocenters. The Hall–Kier alpha value is -0.530. The van der Waals surface area contributed by atoms with Gasteiger partial charge < -0.3 is 5.73 Å². The molecule has 0 saturated carbocycles. The molecule has 1 aromatic carbocycles. The first-order valence-electron chi connectivity index (χ1n) is 4.56. The van der Waals surface area contributed by atoms with E-state index >= 15 is 0 Å². The predicted octanol–water partition coefficient (Wildman–Crippen LogP) is 3.22. The van der Waals surface area contributed by atoms with Crippen molar-refractivity contribution in [2.45, 2.75) is 32.7 Å². The van der Waals surface area contributed by atoms with Gasteiger partial charge in [-0.25, -0.2) is 0 Å². The van der Waals surface area contributed by atoms with Crippen LogP contribution in [0.3, 0.4) is 0 Å². The summed E-state index contributed by atoms with van der Waals surface area (Å²) in [5.41, 5.74) is 8.60. The molecule has 1 rings (SSSR count). The van der Waals surface area contributed by atoms with E-state index in [9.17, 15) is 0 Å². The molecule has 0 aliphatic carbocycles. The summed E-state index contributed by atoms with van der Waals surface area (Å²) in [6.07, 6.45) is 2.22. The highest BCUT2D eigenvalue weighted by atomic mass is 35.5. The summed E-state index contributed by atoms with van der Waals surface area (Å²) in [6, 6.07) is 8.56. The molecule has 0 saturated heterocycles. The maximum absolute atomic E-state index is 6.01. The average molecular weight is 200 g/mol. The van der Waals surface area contributed by atoms with Gasteiger partial charge in [0.25, 0.3) is 0 Å². The Morgan fingerprint density at radius 3 is 2.46 bits per heavy atom. The van der Waals surface area contributed by atoms with Crippen LogP contribution in [0.1, 0.15) is 36.9 Å². The highest BCUT2D eigenvalue weighted by Gasteiger charge is 2.05. The Kier molecular flexibility index (Phi) is 5.76. The summed E-state index contributed by atoms with van der Waals surface area (Å²) < 4.78 is 0. The van der Waals surface area contributed by atoms with Crippen molar-refractivity contribution >= 4 is 12.4 Å². The Morgan fingerprint density at radius 1 is 1.31 bits per heavy atom. The van der Waals surface area contributed by atoms with Crippen molar-refractivity contribution in [3.05, 3.63) is 35.4 Å². The fraction of sp³-hybridized carbons (Fsp3) is 0.455. The SMILES string of the molecule is CCCC(N)c1ccccc1C.Cl. The van der Waals surface area contributed by atoms with Crippen LogP contribution in [0.4, 0.5) is 0 Å². The number of aryl methyl sites for hydroxylation is 1. The van der Waals surface area contributed by atoms with E-state index in [0.29, 0.717) is 0 Å². The minimum atomic E-state index is 0. The first-order valence-corrected chi connectivity index (χ1v) is 4.56. The van der Waals surface area contributed by atoms with E-state index in [4.69, 9.17) is 5.73 Å². The van der Waals surface area contributed by atoms with Gasteiger partial charge in [0.1, 0.15) is 0 Å². The molecule has 74 valence electrons. The third-order valence-corrected chi connectivity index (χ3v) is 2.19. The Labute approximate surface area is 86.7 Å².